The van der Waals surface area contributed by atoms with Gasteiger partial charge < -0.3 is 15.2 Å². The molecule has 0 saturated heterocycles. The number of aromatic nitrogens is 2. The molecule has 20 heavy (non-hydrogen) atoms. The highest BCUT2D eigenvalue weighted by atomic mass is 32.1. The molecule has 2 N–H and O–H groups in total. The summed E-state index contributed by atoms with van der Waals surface area (Å²) in [6.07, 6.45) is 0. The van der Waals surface area contributed by atoms with Crippen LogP contribution in [-0.4, -0.2) is 27.5 Å². The molecule has 7 heteroatoms. The number of methoxy groups -OCH3 is 1. The molecule has 1 aromatic heterocycles. The predicted molar refractivity (Wildman–Crippen MR) is 77.2 cm³/mol. The van der Waals surface area contributed by atoms with Crippen LogP contribution in [-0.2, 0) is 0 Å². The van der Waals surface area contributed by atoms with E-state index in [1.807, 2.05) is 13.8 Å². The summed E-state index contributed by atoms with van der Waals surface area (Å²) in [5, 5.41) is 12.8. The second-order valence-electron chi connectivity index (χ2n) is 4.46. The first-order valence-electron chi connectivity index (χ1n) is 6.03. The molecule has 2 aromatic rings. The van der Waals surface area contributed by atoms with Crippen molar-refractivity contribution in [3.8, 4) is 5.75 Å². The molecule has 0 fully saturated rings. The van der Waals surface area contributed by atoms with Crippen LogP contribution >= 0.6 is 11.5 Å². The molecule has 0 amide bonds. The largest absolute Gasteiger partial charge is 0.496 e. The van der Waals surface area contributed by atoms with Crippen LogP contribution in [0.2, 0.25) is 0 Å². The lowest BCUT2D eigenvalue weighted by molar-refractivity contribution is 0.0693. The summed E-state index contributed by atoms with van der Waals surface area (Å²) in [7, 11) is 1.44. The van der Waals surface area contributed by atoms with E-state index in [9.17, 15) is 4.79 Å². The third-order valence-electron chi connectivity index (χ3n) is 2.64. The SMILES string of the molecule is COc1cc(Nc2nc(C(C)C)ns2)ccc1C(=O)O. The van der Waals surface area contributed by atoms with Gasteiger partial charge >= 0.3 is 5.97 Å². The number of nitrogens with zero attached hydrogens (tertiary/aromatic N) is 2. The molecule has 1 heterocycles. The highest BCUT2D eigenvalue weighted by Crippen LogP contribution is 2.27. The minimum Gasteiger partial charge on any atom is -0.496 e. The van der Waals surface area contributed by atoms with Gasteiger partial charge in [0.15, 0.2) is 0 Å². The first kappa shape index (κ1) is 14.3. The number of carbonyl (C=O) groups is 1. The number of nitrogens with one attached hydrogen (secondary N) is 1. The average Bonchev–Trinajstić information content (AvgIpc) is 2.87. The van der Waals surface area contributed by atoms with Gasteiger partial charge in [-0.25, -0.2) is 9.78 Å². The fraction of sp³-hybridized carbons (Fsp3) is 0.308. The number of anilines is 2. The van der Waals surface area contributed by atoms with Crippen molar-refractivity contribution in [3.63, 3.8) is 0 Å². The van der Waals surface area contributed by atoms with Crippen molar-refractivity contribution in [2.45, 2.75) is 19.8 Å². The Bertz CT molecular complexity index is 625. The molecule has 0 aliphatic carbocycles. The number of hydrogen-bond acceptors (Lipinski definition) is 6. The van der Waals surface area contributed by atoms with E-state index >= 15 is 0 Å². The van der Waals surface area contributed by atoms with Crippen molar-refractivity contribution < 1.29 is 14.6 Å². The van der Waals surface area contributed by atoms with Crippen LogP contribution in [0.4, 0.5) is 10.8 Å². The Hall–Kier alpha value is -2.15. The van der Waals surface area contributed by atoms with Gasteiger partial charge in [0, 0.05) is 29.2 Å². The van der Waals surface area contributed by atoms with Crippen molar-refractivity contribution >= 4 is 28.3 Å². The van der Waals surface area contributed by atoms with Crippen molar-refractivity contribution in [2.24, 2.45) is 0 Å². The second kappa shape index (κ2) is 5.87. The zero-order valence-electron chi connectivity index (χ0n) is 11.4. The number of carboxylic acid groups (broad SMARTS) is 1. The molecular formula is C13H15N3O3S. The number of benzene rings is 1. The van der Waals surface area contributed by atoms with Crippen molar-refractivity contribution in [1.82, 2.24) is 9.36 Å². The number of carboxylic acids is 1. The van der Waals surface area contributed by atoms with Crippen molar-refractivity contribution in [2.75, 3.05) is 12.4 Å². The first-order valence-corrected chi connectivity index (χ1v) is 6.80. The van der Waals surface area contributed by atoms with Crippen LogP contribution < -0.4 is 10.1 Å². The Balaban J connectivity index is 2.22. The van der Waals surface area contributed by atoms with Gasteiger partial charge in [-0.15, -0.1) is 0 Å². The van der Waals surface area contributed by atoms with Crippen LogP contribution in [0.1, 0.15) is 35.9 Å². The minimum absolute atomic E-state index is 0.123. The number of rotatable bonds is 5. The zero-order valence-corrected chi connectivity index (χ0v) is 12.2. The van der Waals surface area contributed by atoms with E-state index in [0.29, 0.717) is 16.6 Å². The van der Waals surface area contributed by atoms with Crippen LogP contribution in [0.3, 0.4) is 0 Å². The van der Waals surface area contributed by atoms with Crippen LogP contribution in [0.15, 0.2) is 18.2 Å². The summed E-state index contributed by atoms with van der Waals surface area (Å²) in [4.78, 5) is 15.4. The lowest BCUT2D eigenvalue weighted by Crippen LogP contribution is -2.01. The minimum atomic E-state index is -1.02. The van der Waals surface area contributed by atoms with E-state index < -0.39 is 5.97 Å². The van der Waals surface area contributed by atoms with Gasteiger partial charge in [-0.2, -0.15) is 4.37 Å². The first-order chi connectivity index (χ1) is 9.51. The van der Waals surface area contributed by atoms with Gasteiger partial charge in [0.1, 0.15) is 17.1 Å². The molecule has 0 unspecified atom stereocenters. The molecule has 2 rings (SSSR count). The normalized spacial score (nSPS) is 10.6. The van der Waals surface area contributed by atoms with Crippen LogP contribution in [0, 0.1) is 0 Å². The summed E-state index contributed by atoms with van der Waals surface area (Å²) >= 11 is 1.27. The van der Waals surface area contributed by atoms with Crippen LogP contribution in [0.25, 0.3) is 0 Å². The molecule has 0 saturated carbocycles. The topological polar surface area (TPSA) is 84.3 Å². The lowest BCUT2D eigenvalue weighted by atomic mass is 10.2. The highest BCUT2D eigenvalue weighted by molar-refractivity contribution is 7.09. The van der Waals surface area contributed by atoms with E-state index in [0.717, 1.165) is 5.82 Å². The molecular weight excluding hydrogens is 278 g/mol. The third-order valence-corrected chi connectivity index (χ3v) is 3.29. The number of ether oxygens (including phenoxy) is 1. The maximum Gasteiger partial charge on any atom is 0.339 e. The monoisotopic (exact) mass is 293 g/mol. The fourth-order valence-electron chi connectivity index (χ4n) is 1.59. The Morgan fingerprint density at radius 3 is 2.75 bits per heavy atom. The van der Waals surface area contributed by atoms with E-state index in [2.05, 4.69) is 14.7 Å². The van der Waals surface area contributed by atoms with Gasteiger partial charge in [0.05, 0.1) is 7.11 Å². The van der Waals surface area contributed by atoms with Crippen molar-refractivity contribution in [1.29, 1.82) is 0 Å². The fourth-order valence-corrected chi connectivity index (χ4v) is 2.32. The molecule has 0 radical (unpaired) electrons. The van der Waals surface area contributed by atoms with Gasteiger partial charge in [0.25, 0.3) is 0 Å². The average molecular weight is 293 g/mol. The summed E-state index contributed by atoms with van der Waals surface area (Å²) < 4.78 is 9.32. The summed E-state index contributed by atoms with van der Waals surface area (Å²) in [6, 6.07) is 4.79. The Kier molecular flexibility index (Phi) is 4.19. The van der Waals surface area contributed by atoms with E-state index in [1.165, 1.54) is 24.7 Å². The molecule has 0 aliphatic heterocycles. The summed E-state index contributed by atoms with van der Waals surface area (Å²) in [5.41, 5.74) is 0.830. The van der Waals surface area contributed by atoms with Gasteiger partial charge in [-0.3, -0.25) is 0 Å². The van der Waals surface area contributed by atoms with Crippen LogP contribution in [0.5, 0.6) is 5.75 Å². The second-order valence-corrected chi connectivity index (χ2v) is 5.21. The highest BCUT2D eigenvalue weighted by Gasteiger charge is 2.12. The lowest BCUT2D eigenvalue weighted by Gasteiger charge is -2.08. The smallest absolute Gasteiger partial charge is 0.339 e. The Morgan fingerprint density at radius 2 is 2.20 bits per heavy atom. The Labute approximate surface area is 120 Å². The van der Waals surface area contributed by atoms with Crippen molar-refractivity contribution in [3.05, 3.63) is 29.6 Å². The molecule has 0 bridgehead atoms. The molecule has 0 atom stereocenters. The predicted octanol–water partition coefficient (Wildman–Crippen LogP) is 3.11. The standard InChI is InChI=1S/C13H15N3O3S/c1-7(2)11-15-13(20-16-11)14-8-4-5-9(12(17)18)10(6-8)19-3/h4-7H,1-3H3,(H,17,18)(H,14,15,16). The van der Waals surface area contributed by atoms with E-state index in [-0.39, 0.29) is 11.5 Å². The molecule has 106 valence electrons. The third kappa shape index (κ3) is 3.05. The van der Waals surface area contributed by atoms with Gasteiger partial charge in [-0.05, 0) is 12.1 Å². The summed E-state index contributed by atoms with van der Waals surface area (Å²) in [6.45, 7) is 4.05. The Morgan fingerprint density at radius 1 is 1.45 bits per heavy atom. The quantitative estimate of drug-likeness (QED) is 0.881. The maximum atomic E-state index is 11.0. The molecule has 0 spiro atoms. The summed E-state index contributed by atoms with van der Waals surface area (Å²) in [5.74, 6) is 0.333. The number of aromatic carboxylic acids is 1. The van der Waals surface area contributed by atoms with E-state index in [4.69, 9.17) is 9.84 Å². The van der Waals surface area contributed by atoms with Gasteiger partial charge in [-0.1, -0.05) is 13.8 Å². The zero-order chi connectivity index (χ0) is 14.7. The molecule has 1 aromatic carbocycles. The van der Waals surface area contributed by atoms with Gasteiger partial charge in [0.2, 0.25) is 5.13 Å². The number of hydrogen-bond donors (Lipinski definition) is 2. The molecule has 6 nitrogen and oxygen atoms in total. The van der Waals surface area contributed by atoms with E-state index in [1.54, 1.807) is 12.1 Å². The molecule has 0 aliphatic rings. The maximum absolute atomic E-state index is 11.0.